The van der Waals surface area contributed by atoms with E-state index in [1.165, 1.54) is 4.68 Å². The number of anilines is 1. The van der Waals surface area contributed by atoms with Crippen molar-refractivity contribution in [2.75, 3.05) is 18.5 Å². The van der Waals surface area contributed by atoms with Gasteiger partial charge in [0.2, 0.25) is 5.95 Å². The molecule has 0 radical (unpaired) electrons. The van der Waals surface area contributed by atoms with Gasteiger partial charge < -0.3 is 15.2 Å². The first kappa shape index (κ1) is 13.5. The van der Waals surface area contributed by atoms with Gasteiger partial charge >= 0.3 is 5.97 Å². The van der Waals surface area contributed by atoms with Crippen molar-refractivity contribution in [1.29, 1.82) is 0 Å². The second-order valence-electron chi connectivity index (χ2n) is 5.18. The molecule has 1 aliphatic heterocycles. The SMILES string of the molecule is CC1(C(=O)O)COCC1Nc1nnnn1-c1ccccc1. The van der Waals surface area contributed by atoms with E-state index in [9.17, 15) is 9.90 Å². The predicted octanol–water partition coefficient (Wildman–Crippen LogP) is 0.564. The van der Waals surface area contributed by atoms with Crippen LogP contribution in [0.4, 0.5) is 5.95 Å². The van der Waals surface area contributed by atoms with Crippen molar-refractivity contribution in [3.8, 4) is 5.69 Å². The van der Waals surface area contributed by atoms with E-state index in [1.54, 1.807) is 6.92 Å². The van der Waals surface area contributed by atoms with E-state index in [0.29, 0.717) is 12.6 Å². The summed E-state index contributed by atoms with van der Waals surface area (Å²) in [7, 11) is 0. The number of aromatic nitrogens is 4. The van der Waals surface area contributed by atoms with E-state index in [0.717, 1.165) is 5.69 Å². The largest absolute Gasteiger partial charge is 0.481 e. The molecular weight excluding hydrogens is 274 g/mol. The van der Waals surface area contributed by atoms with Gasteiger partial charge in [-0.15, -0.1) is 0 Å². The average molecular weight is 289 g/mol. The Labute approximate surface area is 120 Å². The zero-order valence-electron chi connectivity index (χ0n) is 11.4. The van der Waals surface area contributed by atoms with Crippen molar-refractivity contribution >= 4 is 11.9 Å². The number of aliphatic carboxylic acids is 1. The van der Waals surface area contributed by atoms with Crippen molar-refractivity contribution in [3.05, 3.63) is 30.3 Å². The van der Waals surface area contributed by atoms with Gasteiger partial charge in [0, 0.05) is 0 Å². The molecule has 1 aliphatic rings. The number of benzene rings is 1. The van der Waals surface area contributed by atoms with Crippen molar-refractivity contribution in [2.45, 2.75) is 13.0 Å². The minimum atomic E-state index is -1.01. The summed E-state index contributed by atoms with van der Waals surface area (Å²) in [5.74, 6) is -0.514. The van der Waals surface area contributed by atoms with Gasteiger partial charge in [-0.2, -0.15) is 4.68 Å². The molecule has 2 atom stereocenters. The molecule has 2 heterocycles. The van der Waals surface area contributed by atoms with Crippen molar-refractivity contribution in [2.24, 2.45) is 5.41 Å². The Hall–Kier alpha value is -2.48. The van der Waals surface area contributed by atoms with Gasteiger partial charge in [0.25, 0.3) is 0 Å². The molecule has 0 spiro atoms. The molecule has 1 aromatic heterocycles. The maximum absolute atomic E-state index is 11.4. The van der Waals surface area contributed by atoms with Crippen LogP contribution < -0.4 is 5.32 Å². The number of nitrogens with one attached hydrogen (secondary N) is 1. The fourth-order valence-corrected chi connectivity index (χ4v) is 2.26. The minimum absolute atomic E-state index is 0.160. The Bertz CT molecular complexity index is 644. The molecule has 1 fully saturated rings. The number of carboxylic acid groups (broad SMARTS) is 1. The maximum atomic E-state index is 11.4. The molecule has 0 saturated carbocycles. The molecule has 21 heavy (non-hydrogen) atoms. The Morgan fingerprint density at radius 1 is 1.48 bits per heavy atom. The second kappa shape index (κ2) is 5.13. The number of carboxylic acids is 1. The standard InChI is InChI=1S/C13H15N5O3/c1-13(11(19)20)8-21-7-10(13)14-12-15-16-17-18(12)9-5-3-2-4-6-9/h2-6,10H,7-8H2,1H3,(H,19,20)(H,14,15,17). The first-order chi connectivity index (χ1) is 10.1. The van der Waals surface area contributed by atoms with E-state index in [1.807, 2.05) is 30.3 Å². The summed E-state index contributed by atoms with van der Waals surface area (Å²) in [6.07, 6.45) is 0. The fraction of sp³-hybridized carbons (Fsp3) is 0.385. The molecule has 2 aromatic rings. The molecule has 2 unspecified atom stereocenters. The average Bonchev–Trinajstić information content (AvgIpc) is 3.09. The molecule has 8 heteroatoms. The monoisotopic (exact) mass is 289 g/mol. The van der Waals surface area contributed by atoms with Gasteiger partial charge in [0.05, 0.1) is 24.9 Å². The Balaban J connectivity index is 1.87. The number of tetrazole rings is 1. The summed E-state index contributed by atoms with van der Waals surface area (Å²) in [6, 6.07) is 8.98. The van der Waals surface area contributed by atoms with Crippen LogP contribution in [-0.4, -0.2) is 50.5 Å². The van der Waals surface area contributed by atoms with Crippen LogP contribution in [0.3, 0.4) is 0 Å². The lowest BCUT2D eigenvalue weighted by Gasteiger charge is -2.25. The number of ether oxygens (including phenoxy) is 1. The molecule has 3 rings (SSSR count). The number of hydrogen-bond acceptors (Lipinski definition) is 6. The molecule has 1 aromatic carbocycles. The summed E-state index contributed by atoms with van der Waals surface area (Å²) < 4.78 is 6.84. The first-order valence-electron chi connectivity index (χ1n) is 6.53. The molecule has 0 amide bonds. The van der Waals surface area contributed by atoms with E-state index < -0.39 is 17.4 Å². The lowest BCUT2D eigenvalue weighted by molar-refractivity contribution is -0.148. The topological polar surface area (TPSA) is 102 Å². The fourth-order valence-electron chi connectivity index (χ4n) is 2.26. The molecule has 1 saturated heterocycles. The molecule has 2 N–H and O–H groups in total. The highest BCUT2D eigenvalue weighted by Gasteiger charge is 2.47. The van der Waals surface area contributed by atoms with Crippen LogP contribution in [-0.2, 0) is 9.53 Å². The minimum Gasteiger partial charge on any atom is -0.481 e. The number of nitrogens with zero attached hydrogens (tertiary/aromatic N) is 4. The van der Waals surface area contributed by atoms with Gasteiger partial charge in [-0.3, -0.25) is 4.79 Å². The zero-order valence-corrected chi connectivity index (χ0v) is 11.4. The van der Waals surface area contributed by atoms with Crippen LogP contribution in [0.2, 0.25) is 0 Å². The van der Waals surface area contributed by atoms with Crippen LogP contribution >= 0.6 is 0 Å². The summed E-state index contributed by atoms with van der Waals surface area (Å²) in [5, 5.41) is 24.0. The summed E-state index contributed by atoms with van der Waals surface area (Å²) in [5.41, 5.74) is -0.214. The van der Waals surface area contributed by atoms with Crippen molar-refractivity contribution in [3.63, 3.8) is 0 Å². The molecule has 0 bridgehead atoms. The quantitative estimate of drug-likeness (QED) is 0.848. The Morgan fingerprint density at radius 3 is 2.95 bits per heavy atom. The normalized spacial score (nSPS) is 24.9. The highest BCUT2D eigenvalue weighted by molar-refractivity contribution is 5.76. The lowest BCUT2D eigenvalue weighted by atomic mass is 9.85. The molecule has 110 valence electrons. The first-order valence-corrected chi connectivity index (χ1v) is 6.53. The van der Waals surface area contributed by atoms with Gasteiger partial charge in [-0.1, -0.05) is 23.3 Å². The smallest absolute Gasteiger partial charge is 0.313 e. The molecule has 8 nitrogen and oxygen atoms in total. The van der Waals surface area contributed by atoms with Gasteiger partial charge in [0.15, 0.2) is 0 Å². The number of para-hydroxylation sites is 1. The number of rotatable bonds is 4. The van der Waals surface area contributed by atoms with Gasteiger partial charge in [0.1, 0.15) is 5.41 Å². The third-order valence-corrected chi connectivity index (χ3v) is 3.72. The highest BCUT2D eigenvalue weighted by atomic mass is 16.5. The van der Waals surface area contributed by atoms with Gasteiger partial charge in [-0.25, -0.2) is 0 Å². The van der Waals surface area contributed by atoms with Crippen molar-refractivity contribution < 1.29 is 14.6 Å². The van der Waals surface area contributed by atoms with Crippen LogP contribution in [0.5, 0.6) is 0 Å². The summed E-state index contributed by atoms with van der Waals surface area (Å²) in [6.45, 7) is 2.11. The lowest BCUT2D eigenvalue weighted by Crippen LogP contribution is -2.43. The Morgan fingerprint density at radius 2 is 2.24 bits per heavy atom. The third kappa shape index (κ3) is 2.33. The highest BCUT2D eigenvalue weighted by Crippen LogP contribution is 2.31. The maximum Gasteiger partial charge on any atom is 0.313 e. The predicted molar refractivity (Wildman–Crippen MR) is 73.1 cm³/mol. The number of carbonyl (C=O) groups is 1. The van der Waals surface area contributed by atoms with Crippen LogP contribution in [0, 0.1) is 5.41 Å². The number of hydrogen-bond donors (Lipinski definition) is 2. The van der Waals surface area contributed by atoms with Crippen molar-refractivity contribution in [1.82, 2.24) is 20.2 Å². The summed E-state index contributed by atoms with van der Waals surface area (Å²) in [4.78, 5) is 11.4. The van der Waals surface area contributed by atoms with Crippen LogP contribution in [0.25, 0.3) is 5.69 Å². The van der Waals surface area contributed by atoms with Crippen LogP contribution in [0.1, 0.15) is 6.92 Å². The molecular formula is C13H15N5O3. The van der Waals surface area contributed by atoms with E-state index in [2.05, 4.69) is 20.8 Å². The zero-order chi connectivity index (χ0) is 14.9. The van der Waals surface area contributed by atoms with E-state index in [-0.39, 0.29) is 6.61 Å². The Kier molecular flexibility index (Phi) is 3.30. The molecule has 0 aliphatic carbocycles. The van der Waals surface area contributed by atoms with E-state index in [4.69, 9.17) is 4.74 Å². The van der Waals surface area contributed by atoms with Crippen LogP contribution in [0.15, 0.2) is 30.3 Å². The van der Waals surface area contributed by atoms with Gasteiger partial charge in [-0.05, 0) is 29.5 Å². The third-order valence-electron chi connectivity index (χ3n) is 3.72. The summed E-state index contributed by atoms with van der Waals surface area (Å²) >= 11 is 0. The second-order valence-corrected chi connectivity index (χ2v) is 5.18. The van der Waals surface area contributed by atoms with E-state index >= 15 is 0 Å².